The van der Waals surface area contributed by atoms with Gasteiger partial charge in [-0.05, 0) is 38.1 Å². The average molecular weight is 440 g/mol. The fourth-order valence-corrected chi connectivity index (χ4v) is 4.60. The largest absolute Gasteiger partial charge is 0.380 e. The minimum atomic E-state index is -0.365. The zero-order valence-electron chi connectivity index (χ0n) is 17.6. The Balaban J connectivity index is 1.11. The molecule has 0 spiro atoms. The van der Waals surface area contributed by atoms with E-state index in [0.29, 0.717) is 36.9 Å². The third-order valence-corrected chi connectivity index (χ3v) is 6.35. The van der Waals surface area contributed by atoms with Crippen molar-refractivity contribution in [2.75, 3.05) is 39.4 Å². The van der Waals surface area contributed by atoms with Crippen LogP contribution >= 0.6 is 0 Å². The fraction of sp³-hybridized carbons (Fsp3) is 0.500. The van der Waals surface area contributed by atoms with Gasteiger partial charge in [0.2, 0.25) is 5.91 Å². The molecule has 168 valence electrons. The molecule has 2 aromatic rings. The number of nitrogens with zero attached hydrogens (tertiary/aromatic N) is 4. The van der Waals surface area contributed by atoms with E-state index < -0.39 is 0 Å². The van der Waals surface area contributed by atoms with E-state index in [2.05, 4.69) is 30.4 Å². The number of benzene rings is 1. The van der Waals surface area contributed by atoms with E-state index >= 15 is 0 Å². The highest BCUT2D eigenvalue weighted by molar-refractivity contribution is 6.17. The number of likely N-dealkylation sites (tertiary alicyclic amines) is 1. The van der Waals surface area contributed by atoms with Crippen molar-refractivity contribution in [1.82, 2.24) is 20.4 Å². The molecule has 2 N–H and O–H groups in total. The first kappa shape index (κ1) is 20.9. The molecule has 2 fully saturated rings. The number of halogens is 1. The SMILES string of the molecule is O=C(CN1CCC(c2[nH]nc3cc(F)ccc23)CC1)NCC1=NC(=O)C2COCCC2=N1. The monoisotopic (exact) mass is 440 g/mol. The molecule has 1 atom stereocenters. The normalized spacial score (nSPS) is 22.4. The van der Waals surface area contributed by atoms with E-state index in [9.17, 15) is 14.0 Å². The molecule has 10 heteroatoms. The first-order valence-corrected chi connectivity index (χ1v) is 11.0. The molecule has 4 heterocycles. The number of piperidine rings is 1. The van der Waals surface area contributed by atoms with Crippen molar-refractivity contribution in [3.8, 4) is 0 Å². The van der Waals surface area contributed by atoms with Crippen LogP contribution in [0, 0.1) is 11.7 Å². The zero-order valence-corrected chi connectivity index (χ0v) is 17.6. The highest BCUT2D eigenvalue weighted by atomic mass is 19.1. The number of aromatic amines is 1. The predicted molar refractivity (Wildman–Crippen MR) is 116 cm³/mol. The lowest BCUT2D eigenvalue weighted by molar-refractivity contribution is -0.123. The van der Waals surface area contributed by atoms with Gasteiger partial charge in [0, 0.05) is 35.2 Å². The lowest BCUT2D eigenvalue weighted by Crippen LogP contribution is -2.43. The number of aromatic nitrogens is 2. The van der Waals surface area contributed by atoms with Crippen molar-refractivity contribution in [2.45, 2.75) is 25.2 Å². The van der Waals surface area contributed by atoms with Gasteiger partial charge in [-0.1, -0.05) is 0 Å². The molecule has 1 aromatic heterocycles. The first-order valence-electron chi connectivity index (χ1n) is 11.0. The zero-order chi connectivity index (χ0) is 22.1. The van der Waals surface area contributed by atoms with E-state index in [1.54, 1.807) is 6.07 Å². The van der Waals surface area contributed by atoms with Gasteiger partial charge >= 0.3 is 0 Å². The number of hydrogen-bond donors (Lipinski definition) is 2. The number of fused-ring (bicyclic) bond motifs is 2. The molecule has 0 radical (unpaired) electrons. The van der Waals surface area contributed by atoms with Crippen LogP contribution < -0.4 is 5.32 Å². The van der Waals surface area contributed by atoms with E-state index in [1.807, 2.05) is 0 Å². The van der Waals surface area contributed by atoms with Crippen LogP contribution in [0.25, 0.3) is 10.9 Å². The minimum absolute atomic E-state index is 0.115. The number of nitrogens with one attached hydrogen (secondary N) is 2. The predicted octanol–water partition coefficient (Wildman–Crippen LogP) is 1.41. The molecular weight excluding hydrogens is 415 g/mol. The highest BCUT2D eigenvalue weighted by Gasteiger charge is 2.31. The summed E-state index contributed by atoms with van der Waals surface area (Å²) in [4.78, 5) is 35.1. The van der Waals surface area contributed by atoms with E-state index in [0.717, 1.165) is 42.7 Å². The quantitative estimate of drug-likeness (QED) is 0.730. The fourth-order valence-electron chi connectivity index (χ4n) is 4.60. The van der Waals surface area contributed by atoms with Crippen LogP contribution in [0.4, 0.5) is 4.39 Å². The van der Waals surface area contributed by atoms with E-state index in [4.69, 9.17) is 4.74 Å². The Labute approximate surface area is 184 Å². The van der Waals surface area contributed by atoms with Crippen molar-refractivity contribution < 1.29 is 18.7 Å². The maximum atomic E-state index is 13.4. The van der Waals surface area contributed by atoms with Crippen LogP contribution in [-0.2, 0) is 14.3 Å². The molecule has 0 bridgehead atoms. The summed E-state index contributed by atoms with van der Waals surface area (Å²) >= 11 is 0. The van der Waals surface area contributed by atoms with Gasteiger partial charge in [0.15, 0.2) is 5.84 Å². The van der Waals surface area contributed by atoms with Crippen molar-refractivity contribution in [3.05, 3.63) is 29.7 Å². The van der Waals surface area contributed by atoms with Crippen molar-refractivity contribution in [3.63, 3.8) is 0 Å². The maximum absolute atomic E-state index is 13.4. The number of H-pyrrole nitrogens is 1. The molecule has 9 nitrogen and oxygen atoms in total. The molecule has 2 amide bonds. The van der Waals surface area contributed by atoms with E-state index in [-0.39, 0.29) is 36.6 Å². The number of rotatable bonds is 5. The second kappa shape index (κ2) is 8.87. The Bertz CT molecular complexity index is 1100. The second-order valence-electron chi connectivity index (χ2n) is 8.47. The van der Waals surface area contributed by atoms with Crippen LogP contribution in [0.15, 0.2) is 28.2 Å². The summed E-state index contributed by atoms with van der Waals surface area (Å²) in [6, 6.07) is 4.66. The average Bonchev–Trinajstić information content (AvgIpc) is 3.21. The van der Waals surface area contributed by atoms with Crippen LogP contribution in [0.1, 0.15) is 30.9 Å². The summed E-state index contributed by atoms with van der Waals surface area (Å²) in [6.45, 7) is 2.89. The Hall–Kier alpha value is -2.98. The number of amides is 2. The Morgan fingerprint density at radius 1 is 1.28 bits per heavy atom. The van der Waals surface area contributed by atoms with Crippen LogP contribution in [0.5, 0.6) is 0 Å². The number of hydrogen-bond acceptors (Lipinski definition) is 6. The molecular formula is C22H25FN6O3. The molecule has 3 aliphatic rings. The number of carbonyl (C=O) groups excluding carboxylic acids is 2. The number of carbonyl (C=O) groups is 2. The maximum Gasteiger partial charge on any atom is 0.258 e. The first-order chi connectivity index (χ1) is 15.6. The molecule has 1 aromatic carbocycles. The van der Waals surface area contributed by atoms with Crippen molar-refractivity contribution in [1.29, 1.82) is 0 Å². The van der Waals surface area contributed by atoms with Gasteiger partial charge in [-0.25, -0.2) is 9.38 Å². The van der Waals surface area contributed by atoms with E-state index in [1.165, 1.54) is 12.1 Å². The van der Waals surface area contributed by atoms with Gasteiger partial charge in [-0.2, -0.15) is 10.1 Å². The van der Waals surface area contributed by atoms with Crippen LogP contribution in [0.3, 0.4) is 0 Å². The van der Waals surface area contributed by atoms with Gasteiger partial charge in [0.25, 0.3) is 5.91 Å². The molecule has 1 unspecified atom stereocenters. The third-order valence-electron chi connectivity index (χ3n) is 6.35. The summed E-state index contributed by atoms with van der Waals surface area (Å²) in [6.07, 6.45) is 2.40. The smallest absolute Gasteiger partial charge is 0.258 e. The van der Waals surface area contributed by atoms with Gasteiger partial charge in [0.05, 0.1) is 31.8 Å². The standard InChI is InChI=1S/C22H25FN6O3/c23-14-1-2-15-18(9-14)27-28-21(15)13-3-6-29(7-4-13)11-20(30)24-10-19-25-17-5-8-32-12-16(17)22(31)26-19/h1-2,9,13,16H,3-8,10-12H2,(H,24,30)(H,27,28). The molecule has 5 rings (SSSR count). The number of amidine groups is 1. The highest BCUT2D eigenvalue weighted by Crippen LogP contribution is 2.31. The summed E-state index contributed by atoms with van der Waals surface area (Å²) in [5, 5.41) is 11.1. The number of ether oxygens (including phenoxy) is 1. The summed E-state index contributed by atoms with van der Waals surface area (Å²) in [5.41, 5.74) is 2.48. The Kier molecular flexibility index (Phi) is 5.79. The van der Waals surface area contributed by atoms with Crippen LogP contribution in [-0.4, -0.2) is 77.9 Å². The lowest BCUT2D eigenvalue weighted by atomic mass is 9.91. The minimum Gasteiger partial charge on any atom is -0.380 e. The van der Waals surface area contributed by atoms with Crippen LogP contribution in [0.2, 0.25) is 0 Å². The summed E-state index contributed by atoms with van der Waals surface area (Å²) in [7, 11) is 0. The number of aliphatic imine (C=N–C) groups is 2. The second-order valence-corrected chi connectivity index (χ2v) is 8.47. The molecule has 2 saturated heterocycles. The topological polar surface area (TPSA) is 112 Å². The lowest BCUT2D eigenvalue weighted by Gasteiger charge is -2.31. The van der Waals surface area contributed by atoms with Gasteiger partial charge in [0.1, 0.15) is 11.7 Å². The third kappa shape index (κ3) is 4.33. The van der Waals surface area contributed by atoms with Crippen molar-refractivity contribution in [2.24, 2.45) is 15.9 Å². The molecule has 0 saturated carbocycles. The molecule has 0 aliphatic carbocycles. The van der Waals surface area contributed by atoms with Gasteiger partial charge in [-0.3, -0.25) is 19.6 Å². The molecule has 32 heavy (non-hydrogen) atoms. The Morgan fingerprint density at radius 3 is 2.97 bits per heavy atom. The van der Waals surface area contributed by atoms with Gasteiger partial charge in [-0.15, -0.1) is 0 Å². The van der Waals surface area contributed by atoms with Gasteiger partial charge < -0.3 is 10.1 Å². The summed E-state index contributed by atoms with van der Waals surface area (Å²) < 4.78 is 18.7. The summed E-state index contributed by atoms with van der Waals surface area (Å²) in [5.74, 6) is -0.353. The molecule has 3 aliphatic heterocycles. The Morgan fingerprint density at radius 2 is 2.12 bits per heavy atom. The van der Waals surface area contributed by atoms with Crippen molar-refractivity contribution >= 4 is 34.3 Å².